The largest absolute Gasteiger partial charge is 0.508 e. The Kier molecular flexibility index (Phi) is 4.66. The molecule has 1 atom stereocenters. The number of phenolic OH excluding ortho intramolecular Hbond substituents is 1. The third-order valence-electron chi connectivity index (χ3n) is 5.65. The number of ether oxygens (including phenoxy) is 1. The second-order valence-electron chi connectivity index (χ2n) is 7.59. The molecule has 0 saturated heterocycles. The van der Waals surface area contributed by atoms with Gasteiger partial charge in [0.2, 0.25) is 5.76 Å². The highest BCUT2D eigenvalue weighted by Gasteiger charge is 2.42. The number of phenols is 1. The number of rotatable bonds is 4. The van der Waals surface area contributed by atoms with Gasteiger partial charge in [0.05, 0.1) is 24.1 Å². The quantitative estimate of drug-likeness (QED) is 0.518. The molecule has 0 saturated carbocycles. The molecule has 0 radical (unpaired) electrons. The molecule has 1 aromatic heterocycles. The first-order valence-electron chi connectivity index (χ1n) is 9.95. The van der Waals surface area contributed by atoms with Crippen LogP contribution in [-0.4, -0.2) is 23.0 Å². The Morgan fingerprint density at radius 3 is 2.44 bits per heavy atom. The van der Waals surface area contributed by atoms with Gasteiger partial charge in [0.25, 0.3) is 5.91 Å². The van der Waals surface area contributed by atoms with Crippen LogP contribution >= 0.6 is 0 Å². The number of fused-ring (bicyclic) bond motifs is 2. The number of benzene rings is 3. The van der Waals surface area contributed by atoms with Gasteiger partial charge < -0.3 is 19.2 Å². The maximum absolute atomic E-state index is 13.8. The van der Waals surface area contributed by atoms with Crippen molar-refractivity contribution in [3.63, 3.8) is 0 Å². The molecule has 4 aromatic rings. The van der Waals surface area contributed by atoms with E-state index < -0.39 is 23.2 Å². The lowest BCUT2D eigenvalue weighted by Crippen LogP contribution is -2.29. The summed E-state index contributed by atoms with van der Waals surface area (Å²) in [4.78, 5) is 28.3. The molecule has 0 fully saturated rings. The molecule has 160 valence electrons. The minimum absolute atomic E-state index is 0.0549. The van der Waals surface area contributed by atoms with Crippen molar-refractivity contribution in [2.75, 3.05) is 7.11 Å². The van der Waals surface area contributed by atoms with Crippen molar-refractivity contribution in [1.29, 1.82) is 0 Å². The molecule has 1 aliphatic rings. The second kappa shape index (κ2) is 7.53. The lowest BCUT2D eigenvalue weighted by Gasteiger charge is -2.25. The van der Waals surface area contributed by atoms with Crippen molar-refractivity contribution < 1.29 is 23.4 Å². The number of methoxy groups -OCH3 is 1. The van der Waals surface area contributed by atoms with Crippen molar-refractivity contribution >= 4 is 16.9 Å². The first-order valence-corrected chi connectivity index (χ1v) is 9.95. The highest BCUT2D eigenvalue weighted by Crippen LogP contribution is 2.39. The Morgan fingerprint density at radius 1 is 1.03 bits per heavy atom. The molecule has 0 aliphatic carbocycles. The predicted molar refractivity (Wildman–Crippen MR) is 115 cm³/mol. The molecule has 5 rings (SSSR count). The van der Waals surface area contributed by atoms with Gasteiger partial charge in [0.1, 0.15) is 22.9 Å². The Hall–Kier alpha value is -4.13. The van der Waals surface area contributed by atoms with Gasteiger partial charge >= 0.3 is 0 Å². The minimum Gasteiger partial charge on any atom is -0.508 e. The number of hydrogen-bond acceptors (Lipinski definition) is 5. The van der Waals surface area contributed by atoms with E-state index in [2.05, 4.69) is 0 Å². The van der Waals surface area contributed by atoms with Gasteiger partial charge in [0, 0.05) is 6.54 Å². The molecule has 1 amide bonds. The molecule has 0 unspecified atom stereocenters. The predicted octanol–water partition coefficient (Wildman–Crippen LogP) is 4.39. The van der Waals surface area contributed by atoms with E-state index in [9.17, 15) is 19.1 Å². The van der Waals surface area contributed by atoms with Crippen LogP contribution in [0.5, 0.6) is 11.5 Å². The van der Waals surface area contributed by atoms with Crippen molar-refractivity contribution in [3.8, 4) is 11.5 Å². The first-order chi connectivity index (χ1) is 15.5. The third kappa shape index (κ3) is 3.19. The molecular weight excluding hydrogens is 413 g/mol. The monoisotopic (exact) mass is 431 g/mol. The zero-order valence-corrected chi connectivity index (χ0v) is 17.0. The number of amides is 1. The van der Waals surface area contributed by atoms with Gasteiger partial charge in [0.15, 0.2) is 5.43 Å². The lowest BCUT2D eigenvalue weighted by atomic mass is 9.98. The standard InChI is InChI=1S/C25H18FNO5/c1-31-18-9-2-14(3-10-18)13-27-22(15-4-7-17(28)8-5-15)21-23(29)19-12-16(26)6-11-20(19)32-24(21)25(27)30/h2-12,22,28H,13H2,1H3/t22-/m0/s1. The summed E-state index contributed by atoms with van der Waals surface area (Å²) in [6.07, 6.45) is 0. The van der Waals surface area contributed by atoms with E-state index in [0.717, 1.165) is 11.6 Å². The maximum Gasteiger partial charge on any atom is 0.291 e. The number of hydrogen-bond donors (Lipinski definition) is 1. The van der Waals surface area contributed by atoms with Crippen molar-refractivity contribution in [3.05, 3.63) is 105 Å². The van der Waals surface area contributed by atoms with Gasteiger partial charge in [-0.15, -0.1) is 0 Å². The summed E-state index contributed by atoms with van der Waals surface area (Å²) < 4.78 is 24.8. The van der Waals surface area contributed by atoms with Crippen molar-refractivity contribution in [2.24, 2.45) is 0 Å². The fourth-order valence-corrected chi connectivity index (χ4v) is 4.09. The van der Waals surface area contributed by atoms with Gasteiger partial charge in [-0.1, -0.05) is 24.3 Å². The first kappa shape index (κ1) is 19.8. The summed E-state index contributed by atoms with van der Waals surface area (Å²) in [6, 6.07) is 16.4. The van der Waals surface area contributed by atoms with Crippen LogP contribution in [-0.2, 0) is 6.54 Å². The highest BCUT2D eigenvalue weighted by molar-refractivity contribution is 5.99. The van der Waals surface area contributed by atoms with E-state index in [0.29, 0.717) is 11.3 Å². The van der Waals surface area contributed by atoms with Crippen LogP contribution in [0.15, 0.2) is 75.9 Å². The molecule has 3 aromatic carbocycles. The number of carbonyl (C=O) groups is 1. The van der Waals surface area contributed by atoms with Crippen LogP contribution in [0.25, 0.3) is 11.0 Å². The minimum atomic E-state index is -0.746. The van der Waals surface area contributed by atoms with E-state index in [1.807, 2.05) is 12.1 Å². The van der Waals surface area contributed by atoms with Crippen LogP contribution in [0.1, 0.15) is 33.3 Å². The van der Waals surface area contributed by atoms with E-state index >= 15 is 0 Å². The van der Waals surface area contributed by atoms with Crippen LogP contribution in [0, 0.1) is 5.82 Å². The van der Waals surface area contributed by atoms with Gasteiger partial charge in [-0.05, 0) is 53.6 Å². The summed E-state index contributed by atoms with van der Waals surface area (Å²) in [5.74, 6) is -0.305. The number of carbonyl (C=O) groups excluding carboxylic acids is 1. The lowest BCUT2D eigenvalue weighted by molar-refractivity contribution is 0.0714. The molecule has 6 nitrogen and oxygen atoms in total. The normalized spacial score (nSPS) is 15.2. The molecule has 7 heteroatoms. The third-order valence-corrected chi connectivity index (χ3v) is 5.65. The zero-order chi connectivity index (χ0) is 22.4. The molecule has 0 spiro atoms. The van der Waals surface area contributed by atoms with Crippen LogP contribution in [0.4, 0.5) is 4.39 Å². The summed E-state index contributed by atoms with van der Waals surface area (Å²) in [5.41, 5.74) is 1.32. The van der Waals surface area contributed by atoms with E-state index in [1.54, 1.807) is 36.3 Å². The molecule has 0 bridgehead atoms. The van der Waals surface area contributed by atoms with Crippen molar-refractivity contribution in [1.82, 2.24) is 4.90 Å². The SMILES string of the molecule is COc1ccc(CN2C(=O)c3oc4ccc(F)cc4c(=O)c3[C@@H]2c2ccc(O)cc2)cc1. The maximum atomic E-state index is 13.8. The zero-order valence-electron chi connectivity index (χ0n) is 17.0. The molecule has 1 aliphatic heterocycles. The van der Waals surface area contributed by atoms with Crippen LogP contribution in [0.3, 0.4) is 0 Å². The fraction of sp³-hybridized carbons (Fsp3) is 0.120. The smallest absolute Gasteiger partial charge is 0.291 e. The molecule has 32 heavy (non-hydrogen) atoms. The summed E-state index contributed by atoms with van der Waals surface area (Å²) in [7, 11) is 1.57. The van der Waals surface area contributed by atoms with Gasteiger partial charge in [-0.25, -0.2) is 4.39 Å². The van der Waals surface area contributed by atoms with Gasteiger partial charge in [-0.3, -0.25) is 9.59 Å². The number of aromatic hydroxyl groups is 1. The Bertz CT molecular complexity index is 1390. The summed E-state index contributed by atoms with van der Waals surface area (Å²) >= 11 is 0. The highest BCUT2D eigenvalue weighted by atomic mass is 19.1. The molecule has 1 N–H and O–H groups in total. The van der Waals surface area contributed by atoms with Crippen LogP contribution < -0.4 is 10.2 Å². The number of halogens is 1. The van der Waals surface area contributed by atoms with E-state index in [-0.39, 0.29) is 34.6 Å². The fourth-order valence-electron chi connectivity index (χ4n) is 4.09. The Labute approximate surface area is 182 Å². The topological polar surface area (TPSA) is 80.0 Å². The Balaban J connectivity index is 1.68. The average molecular weight is 431 g/mol. The van der Waals surface area contributed by atoms with Crippen LogP contribution in [0.2, 0.25) is 0 Å². The Morgan fingerprint density at radius 2 is 1.75 bits per heavy atom. The molecule has 2 heterocycles. The van der Waals surface area contributed by atoms with Crippen molar-refractivity contribution in [2.45, 2.75) is 12.6 Å². The summed E-state index contributed by atoms with van der Waals surface area (Å²) in [5, 5.41) is 9.78. The second-order valence-corrected chi connectivity index (χ2v) is 7.59. The summed E-state index contributed by atoms with van der Waals surface area (Å²) in [6.45, 7) is 0.211. The molecular formula is C25H18FNO5. The average Bonchev–Trinajstić information content (AvgIpc) is 3.07. The van der Waals surface area contributed by atoms with Gasteiger partial charge in [-0.2, -0.15) is 0 Å². The van der Waals surface area contributed by atoms with E-state index in [1.165, 1.54) is 24.3 Å². The number of nitrogens with zero attached hydrogens (tertiary/aromatic N) is 1. The van der Waals surface area contributed by atoms with E-state index in [4.69, 9.17) is 9.15 Å².